The number of fused-ring (bicyclic) bond motifs is 16. The zero-order valence-corrected chi connectivity index (χ0v) is 36.7. The third kappa shape index (κ3) is 5.25. The molecule has 16 rings (SSSR count). The van der Waals surface area contributed by atoms with Gasteiger partial charge in [-0.1, -0.05) is 151 Å². The van der Waals surface area contributed by atoms with Crippen LogP contribution in [0.15, 0.2) is 228 Å². The molecule has 0 aliphatic heterocycles. The summed E-state index contributed by atoms with van der Waals surface area (Å²) >= 11 is 0. The van der Waals surface area contributed by atoms with Crippen LogP contribution in [0.4, 0.5) is 0 Å². The fourth-order valence-corrected chi connectivity index (χ4v) is 10.7. The van der Waals surface area contributed by atoms with E-state index in [-0.39, 0.29) is 84.7 Å². The lowest BCUT2D eigenvalue weighted by Gasteiger charge is -2.20. The number of furan rings is 1. The first-order valence-corrected chi connectivity index (χ1v) is 22.6. The summed E-state index contributed by atoms with van der Waals surface area (Å²) in [6, 6.07) is 29.5. The van der Waals surface area contributed by atoms with Crippen molar-refractivity contribution in [1.29, 1.82) is 0 Å². The molecule has 8 heteroatoms. The van der Waals surface area contributed by atoms with Gasteiger partial charge in [0.25, 0.3) is 0 Å². The summed E-state index contributed by atoms with van der Waals surface area (Å²) in [6.07, 6.45) is 0. The number of hydrogen-bond acceptors (Lipinski definition) is 4. The number of para-hydroxylation sites is 8. The predicted molar refractivity (Wildman–Crippen MR) is 290 cm³/mol. The Hall–Kier alpha value is -9.79. The molecule has 0 aliphatic carbocycles. The van der Waals surface area contributed by atoms with E-state index in [1.165, 1.54) is 13.7 Å². The molecule has 0 saturated heterocycles. The molecule has 0 bridgehead atoms. The summed E-state index contributed by atoms with van der Waals surface area (Å²) in [6.45, 7) is 0. The van der Waals surface area contributed by atoms with Crippen LogP contribution >= 0.6 is 0 Å². The molecule has 0 spiro atoms. The maximum absolute atomic E-state index is 9.72. The monoisotopic (exact) mass is 923 g/mol. The number of benzene rings is 10. The molecular formula is C63H37N7O. The molecule has 16 aromatic rings. The minimum Gasteiger partial charge on any atom is -0.456 e. The average molecular weight is 924 g/mol. The number of hydrogen-bond donors (Lipinski definition) is 0. The topological polar surface area (TPSA) is 71.5 Å². The third-order valence-electron chi connectivity index (χ3n) is 13.6. The summed E-state index contributed by atoms with van der Waals surface area (Å²) in [5, 5.41) is 3.78. The van der Waals surface area contributed by atoms with Crippen molar-refractivity contribution in [3.63, 3.8) is 0 Å². The summed E-state index contributed by atoms with van der Waals surface area (Å²) in [5.41, 5.74) is 3.07. The zero-order chi connectivity index (χ0) is 60.2. The second kappa shape index (κ2) is 14.4. The van der Waals surface area contributed by atoms with E-state index in [1.807, 2.05) is 65.2 Å². The molecule has 10 aromatic carbocycles. The van der Waals surface area contributed by atoms with Gasteiger partial charge in [-0.15, -0.1) is 0 Å². The maximum atomic E-state index is 9.72. The van der Waals surface area contributed by atoms with Gasteiger partial charge in [-0.25, -0.2) is 0 Å². The summed E-state index contributed by atoms with van der Waals surface area (Å²) in [7, 11) is 0. The summed E-state index contributed by atoms with van der Waals surface area (Å²) in [5.74, 6) is -0.698. The maximum Gasteiger partial charge on any atom is 0.240 e. The van der Waals surface area contributed by atoms with E-state index in [0.717, 1.165) is 16.2 Å². The molecule has 0 N–H and O–H groups in total. The van der Waals surface area contributed by atoms with E-state index in [1.54, 1.807) is 66.7 Å². The largest absolute Gasteiger partial charge is 0.456 e. The van der Waals surface area contributed by atoms with Gasteiger partial charge in [-0.2, -0.15) is 15.0 Å². The van der Waals surface area contributed by atoms with Crippen LogP contribution in [0.25, 0.3) is 144 Å². The highest BCUT2D eigenvalue weighted by Crippen LogP contribution is 2.45. The van der Waals surface area contributed by atoms with Crippen molar-refractivity contribution in [3.8, 4) is 34.7 Å². The lowest BCUT2D eigenvalue weighted by atomic mass is 10.1. The number of aromatic nitrogens is 7. The molecule has 0 aliphatic rings. The van der Waals surface area contributed by atoms with Crippen LogP contribution in [0.3, 0.4) is 0 Å². The van der Waals surface area contributed by atoms with Crippen molar-refractivity contribution in [3.05, 3.63) is 224 Å². The molecule has 330 valence electrons. The number of nitrogens with zero attached hydrogens (tertiary/aromatic N) is 7. The van der Waals surface area contributed by atoms with Gasteiger partial charge < -0.3 is 13.6 Å². The van der Waals surface area contributed by atoms with Gasteiger partial charge in [0.1, 0.15) is 11.2 Å². The Morgan fingerprint density at radius 1 is 0.324 bits per heavy atom. The third-order valence-corrected chi connectivity index (χ3v) is 13.6. The lowest BCUT2D eigenvalue weighted by Crippen LogP contribution is -2.12. The summed E-state index contributed by atoms with van der Waals surface area (Å²) in [4.78, 5) is 16.0. The predicted octanol–water partition coefficient (Wildman–Crippen LogP) is 15.8. The molecule has 6 aromatic heterocycles. The Bertz CT molecular complexity index is 5650. The molecule has 0 saturated carbocycles. The highest BCUT2D eigenvalue weighted by molar-refractivity contribution is 6.25. The smallest absolute Gasteiger partial charge is 0.240 e. The van der Waals surface area contributed by atoms with Crippen molar-refractivity contribution in [1.82, 2.24) is 33.2 Å². The van der Waals surface area contributed by atoms with Crippen LogP contribution in [0.5, 0.6) is 0 Å². The minimum atomic E-state index is -0.655. The molecule has 0 amide bonds. The van der Waals surface area contributed by atoms with Gasteiger partial charge in [-0.3, -0.25) is 9.13 Å². The minimum absolute atomic E-state index is 0.0195. The lowest BCUT2D eigenvalue weighted by molar-refractivity contribution is 0.669. The van der Waals surface area contributed by atoms with Gasteiger partial charge in [0.2, 0.25) is 11.9 Å². The van der Waals surface area contributed by atoms with Crippen LogP contribution in [-0.2, 0) is 0 Å². The second-order valence-electron chi connectivity index (χ2n) is 17.2. The van der Waals surface area contributed by atoms with E-state index in [9.17, 15) is 11.0 Å². The average Bonchev–Trinajstić information content (AvgIpc) is 1.60. The zero-order valence-electron chi connectivity index (χ0n) is 52.7. The highest BCUT2D eigenvalue weighted by Gasteiger charge is 2.28. The van der Waals surface area contributed by atoms with Crippen LogP contribution in [-0.4, -0.2) is 33.2 Å². The van der Waals surface area contributed by atoms with E-state index >= 15 is 0 Å². The van der Waals surface area contributed by atoms with Crippen LogP contribution in [0, 0.1) is 0 Å². The molecule has 71 heavy (non-hydrogen) atoms. The van der Waals surface area contributed by atoms with E-state index < -0.39 is 84.6 Å². The van der Waals surface area contributed by atoms with Crippen LogP contribution < -0.4 is 0 Å². The van der Waals surface area contributed by atoms with E-state index in [0.29, 0.717) is 55.1 Å². The fourth-order valence-electron chi connectivity index (χ4n) is 10.7. The normalized spacial score (nSPS) is 15.4. The van der Waals surface area contributed by atoms with E-state index in [4.69, 9.17) is 30.3 Å². The quantitative estimate of drug-likeness (QED) is 0.172. The Balaban J connectivity index is 1.18. The molecule has 0 atom stereocenters. The van der Waals surface area contributed by atoms with Crippen molar-refractivity contribution >= 4 is 109 Å². The van der Waals surface area contributed by atoms with E-state index in [2.05, 4.69) is 0 Å². The van der Waals surface area contributed by atoms with Gasteiger partial charge in [0.05, 0.1) is 88.4 Å². The SMILES string of the molecule is [2H]c1c([2H])c([2H])c2c(c1[2H])c1ccccc1n2-c1nc(-c2c(-n3c4c([2H])c([2H])c([2H])c([2H])c4c4c([2H])c([2H])c([2H])c([2H])c43)cccc2-n2c3ccccc3c3ccc4oc5ccccc5c4c32)nc(-n2c3ccccc3c3c([2H])c([2H])c([2H])c([2H])c32)n1. The van der Waals surface area contributed by atoms with Gasteiger partial charge in [0, 0.05) is 48.5 Å². The van der Waals surface area contributed by atoms with Crippen molar-refractivity contribution in [2.45, 2.75) is 0 Å². The standard InChI is InChI=1S/C63H37N7O/c1-9-26-47-38(18-1)39-19-2-10-27-48(39)67(47)54-33-17-34-55(68-49-28-11-7-24-44(49)45-36-37-57-58(60(45)68)46-25-8-16-35-56(46)71-57)59(54)61-64-62(69-50-29-12-3-20-40(50)41-21-4-13-30-51(41)69)66-63(65-61)70-52-31-14-5-22-42(52)43-23-6-15-32-53(43)70/h1-37H/i1D,2D,3D,5D,9D,10D,12D,14D,18D,19D,20D,22D,26D,27D,29D,31D. The summed E-state index contributed by atoms with van der Waals surface area (Å²) < 4.78 is 161. The Kier molecular flexibility index (Phi) is 5.28. The fraction of sp³-hybridized carbons (Fsp3) is 0. The van der Waals surface area contributed by atoms with Crippen molar-refractivity contribution in [2.24, 2.45) is 0 Å². The highest BCUT2D eigenvalue weighted by atomic mass is 16.3. The van der Waals surface area contributed by atoms with Crippen molar-refractivity contribution < 1.29 is 26.3 Å². The first kappa shape index (κ1) is 26.1. The molecular weight excluding hydrogens is 871 g/mol. The Morgan fingerprint density at radius 3 is 1.32 bits per heavy atom. The molecule has 6 heterocycles. The van der Waals surface area contributed by atoms with Gasteiger partial charge in [0.15, 0.2) is 5.82 Å². The Labute approximate surface area is 426 Å². The second-order valence-corrected chi connectivity index (χ2v) is 17.2. The molecule has 0 radical (unpaired) electrons. The van der Waals surface area contributed by atoms with Crippen LogP contribution in [0.2, 0.25) is 0 Å². The molecule has 0 unspecified atom stereocenters. The number of rotatable bonds is 5. The first-order chi connectivity index (χ1) is 41.9. The van der Waals surface area contributed by atoms with Gasteiger partial charge >= 0.3 is 0 Å². The van der Waals surface area contributed by atoms with Crippen molar-refractivity contribution in [2.75, 3.05) is 0 Å². The van der Waals surface area contributed by atoms with Gasteiger partial charge in [-0.05, 0) is 72.7 Å². The molecule has 8 nitrogen and oxygen atoms in total. The Morgan fingerprint density at radius 2 is 0.761 bits per heavy atom. The van der Waals surface area contributed by atoms with Crippen LogP contribution in [0.1, 0.15) is 21.9 Å². The molecule has 0 fully saturated rings. The first-order valence-electron chi connectivity index (χ1n) is 30.6.